The van der Waals surface area contributed by atoms with Gasteiger partial charge in [-0.05, 0) is 49.9 Å². The van der Waals surface area contributed by atoms with E-state index in [1.807, 2.05) is 29.2 Å². The van der Waals surface area contributed by atoms with Crippen LogP contribution in [0.2, 0.25) is 0 Å². The Kier molecular flexibility index (Phi) is 5.83. The van der Waals surface area contributed by atoms with Crippen LogP contribution in [0.4, 0.5) is 0 Å². The summed E-state index contributed by atoms with van der Waals surface area (Å²) in [7, 11) is 0. The predicted molar refractivity (Wildman–Crippen MR) is 80.7 cm³/mol. The van der Waals surface area contributed by atoms with Gasteiger partial charge in [-0.1, -0.05) is 19.1 Å². The fourth-order valence-electron chi connectivity index (χ4n) is 2.64. The number of halogens is 1. The second kappa shape index (κ2) is 6.92. The second-order valence-corrected chi connectivity index (χ2v) is 5.19. The molecule has 1 saturated heterocycles. The average Bonchev–Trinajstić information content (AvgIpc) is 2.79. The van der Waals surface area contributed by atoms with Crippen LogP contribution in [0.5, 0.6) is 0 Å². The maximum atomic E-state index is 12.4. The van der Waals surface area contributed by atoms with Crippen molar-refractivity contribution in [3.63, 3.8) is 0 Å². The highest BCUT2D eigenvalue weighted by Gasteiger charge is 2.31. The predicted octanol–water partition coefficient (Wildman–Crippen LogP) is 2.48. The summed E-state index contributed by atoms with van der Waals surface area (Å²) < 4.78 is 0. The smallest absolute Gasteiger partial charge is 0.254 e. The number of hydrogen-bond acceptors (Lipinski definition) is 2. The van der Waals surface area contributed by atoms with Gasteiger partial charge in [0.15, 0.2) is 0 Å². The van der Waals surface area contributed by atoms with Crippen molar-refractivity contribution in [2.24, 2.45) is 11.7 Å². The van der Waals surface area contributed by atoms with E-state index in [-0.39, 0.29) is 18.3 Å². The first-order valence-electron chi connectivity index (χ1n) is 6.75. The Morgan fingerprint density at radius 3 is 2.47 bits per heavy atom. The molecule has 0 aromatic heterocycles. The summed E-state index contributed by atoms with van der Waals surface area (Å²) in [5, 5.41) is 0. The first-order valence-corrected chi connectivity index (χ1v) is 6.75. The lowest BCUT2D eigenvalue weighted by atomic mass is 10.1. The lowest BCUT2D eigenvalue weighted by molar-refractivity contribution is 0.0743. The van der Waals surface area contributed by atoms with Crippen molar-refractivity contribution >= 4 is 18.3 Å². The van der Waals surface area contributed by atoms with E-state index in [4.69, 9.17) is 5.73 Å². The zero-order valence-electron chi connectivity index (χ0n) is 11.6. The van der Waals surface area contributed by atoms with E-state index >= 15 is 0 Å². The van der Waals surface area contributed by atoms with Gasteiger partial charge in [-0.3, -0.25) is 4.79 Å². The van der Waals surface area contributed by atoms with Crippen LogP contribution in [0, 0.1) is 5.92 Å². The van der Waals surface area contributed by atoms with Gasteiger partial charge in [-0.15, -0.1) is 12.4 Å². The number of nitrogens with zero attached hydrogens (tertiary/aromatic N) is 1. The molecule has 19 heavy (non-hydrogen) atoms. The standard InChI is InChI=1S/C15H22N2O.ClH/c1-3-12-4-6-14(7-5-12)15(18)17-10-13(9-16)8-11(17)2;/h4-7,11,13H,3,8-10,16H2,1-2H3;1H. The molecule has 2 N–H and O–H groups in total. The molecular weight excluding hydrogens is 260 g/mol. The number of aryl methyl sites for hydroxylation is 1. The summed E-state index contributed by atoms with van der Waals surface area (Å²) in [5.41, 5.74) is 7.75. The molecule has 106 valence electrons. The van der Waals surface area contributed by atoms with Crippen molar-refractivity contribution in [2.75, 3.05) is 13.1 Å². The monoisotopic (exact) mass is 282 g/mol. The number of nitrogens with two attached hydrogens (primary N) is 1. The third-order valence-electron chi connectivity index (χ3n) is 3.86. The Morgan fingerprint density at radius 2 is 2.00 bits per heavy atom. The minimum atomic E-state index is 0. The number of benzene rings is 1. The van der Waals surface area contributed by atoms with Crippen molar-refractivity contribution in [1.29, 1.82) is 0 Å². The summed E-state index contributed by atoms with van der Waals surface area (Å²) >= 11 is 0. The van der Waals surface area contributed by atoms with Crippen molar-refractivity contribution in [3.05, 3.63) is 35.4 Å². The molecule has 4 heteroatoms. The number of amides is 1. The summed E-state index contributed by atoms with van der Waals surface area (Å²) in [6, 6.07) is 8.24. The van der Waals surface area contributed by atoms with Crippen LogP contribution in [-0.2, 0) is 6.42 Å². The summed E-state index contributed by atoms with van der Waals surface area (Å²) in [5.74, 6) is 0.597. The summed E-state index contributed by atoms with van der Waals surface area (Å²) in [6.45, 7) is 5.69. The van der Waals surface area contributed by atoms with Gasteiger partial charge >= 0.3 is 0 Å². The van der Waals surface area contributed by atoms with Crippen LogP contribution in [0.15, 0.2) is 24.3 Å². The Morgan fingerprint density at radius 1 is 1.37 bits per heavy atom. The summed E-state index contributed by atoms with van der Waals surface area (Å²) in [4.78, 5) is 14.4. The molecule has 1 aromatic carbocycles. The van der Waals surface area contributed by atoms with Crippen molar-refractivity contribution in [2.45, 2.75) is 32.7 Å². The van der Waals surface area contributed by atoms with Gasteiger partial charge in [0.1, 0.15) is 0 Å². The molecule has 1 heterocycles. The maximum Gasteiger partial charge on any atom is 0.254 e. The molecule has 2 atom stereocenters. The Hall–Kier alpha value is -1.06. The molecule has 0 aliphatic carbocycles. The number of carbonyl (C=O) groups excluding carboxylic acids is 1. The largest absolute Gasteiger partial charge is 0.336 e. The van der Waals surface area contributed by atoms with Crippen LogP contribution in [0.1, 0.15) is 36.2 Å². The van der Waals surface area contributed by atoms with Gasteiger partial charge in [0.05, 0.1) is 0 Å². The first-order chi connectivity index (χ1) is 8.65. The van der Waals surface area contributed by atoms with Crippen LogP contribution >= 0.6 is 12.4 Å². The van der Waals surface area contributed by atoms with Crippen LogP contribution in [-0.4, -0.2) is 29.9 Å². The number of rotatable bonds is 3. The van der Waals surface area contributed by atoms with E-state index in [2.05, 4.69) is 13.8 Å². The van der Waals surface area contributed by atoms with Crippen molar-refractivity contribution in [3.8, 4) is 0 Å². The van der Waals surface area contributed by atoms with Gasteiger partial charge < -0.3 is 10.6 Å². The molecule has 1 aliphatic rings. The molecule has 1 fully saturated rings. The Bertz CT molecular complexity index is 419. The Labute approximate surface area is 121 Å². The SMILES string of the molecule is CCc1ccc(C(=O)N2CC(CN)CC2C)cc1.Cl. The van der Waals surface area contributed by atoms with E-state index in [1.165, 1.54) is 5.56 Å². The zero-order chi connectivity index (χ0) is 13.1. The van der Waals surface area contributed by atoms with Gasteiger partial charge in [0.2, 0.25) is 0 Å². The molecule has 1 amide bonds. The molecule has 1 aromatic rings. The molecule has 3 nitrogen and oxygen atoms in total. The van der Waals surface area contributed by atoms with E-state index in [0.29, 0.717) is 18.5 Å². The molecule has 1 aliphatic heterocycles. The number of likely N-dealkylation sites (tertiary alicyclic amines) is 1. The van der Waals surface area contributed by atoms with E-state index < -0.39 is 0 Å². The van der Waals surface area contributed by atoms with Crippen molar-refractivity contribution < 1.29 is 4.79 Å². The third-order valence-corrected chi connectivity index (χ3v) is 3.86. The third kappa shape index (κ3) is 3.48. The second-order valence-electron chi connectivity index (χ2n) is 5.19. The normalized spacial score (nSPS) is 22.2. The average molecular weight is 283 g/mol. The number of carbonyl (C=O) groups is 1. The highest BCUT2D eigenvalue weighted by Crippen LogP contribution is 2.24. The van der Waals surface area contributed by atoms with E-state index in [9.17, 15) is 4.79 Å². The minimum Gasteiger partial charge on any atom is -0.336 e. The molecular formula is C15H23ClN2O. The van der Waals surface area contributed by atoms with Crippen LogP contribution in [0.3, 0.4) is 0 Å². The summed E-state index contributed by atoms with van der Waals surface area (Å²) in [6.07, 6.45) is 2.03. The highest BCUT2D eigenvalue weighted by molar-refractivity contribution is 5.94. The van der Waals surface area contributed by atoms with E-state index in [1.54, 1.807) is 0 Å². The van der Waals surface area contributed by atoms with Gasteiger partial charge in [0.25, 0.3) is 5.91 Å². The molecule has 0 bridgehead atoms. The lowest BCUT2D eigenvalue weighted by Gasteiger charge is -2.21. The quantitative estimate of drug-likeness (QED) is 0.926. The van der Waals surface area contributed by atoms with Crippen molar-refractivity contribution in [1.82, 2.24) is 4.90 Å². The van der Waals surface area contributed by atoms with Gasteiger partial charge in [-0.2, -0.15) is 0 Å². The van der Waals surface area contributed by atoms with E-state index in [0.717, 1.165) is 24.9 Å². The fourth-order valence-corrected chi connectivity index (χ4v) is 2.64. The highest BCUT2D eigenvalue weighted by atomic mass is 35.5. The topological polar surface area (TPSA) is 46.3 Å². The molecule has 0 radical (unpaired) electrons. The Balaban J connectivity index is 0.00000180. The maximum absolute atomic E-state index is 12.4. The molecule has 2 rings (SSSR count). The van der Waals surface area contributed by atoms with Gasteiger partial charge in [-0.25, -0.2) is 0 Å². The lowest BCUT2D eigenvalue weighted by Crippen LogP contribution is -2.34. The molecule has 0 spiro atoms. The zero-order valence-corrected chi connectivity index (χ0v) is 12.5. The van der Waals surface area contributed by atoms with Gasteiger partial charge in [0, 0.05) is 18.2 Å². The molecule has 2 unspecified atom stereocenters. The first kappa shape index (κ1) is 16.0. The molecule has 0 saturated carbocycles. The van der Waals surface area contributed by atoms with Crippen LogP contribution < -0.4 is 5.73 Å². The van der Waals surface area contributed by atoms with Crippen LogP contribution in [0.25, 0.3) is 0 Å². The fraction of sp³-hybridized carbons (Fsp3) is 0.533. The minimum absolute atomic E-state index is 0. The number of hydrogen-bond donors (Lipinski definition) is 1.